The Kier molecular flexibility index (Phi) is 2.64. The molecule has 0 atom stereocenters. The molecular formula is C8H7N3O5. The van der Waals surface area contributed by atoms with Crippen molar-refractivity contribution in [3.8, 4) is 5.75 Å². The number of fused-ring (bicyclic) bond motifs is 1. The highest BCUT2D eigenvalue weighted by atomic mass is 16.6. The van der Waals surface area contributed by atoms with Crippen LogP contribution < -0.4 is 4.74 Å². The lowest BCUT2D eigenvalue weighted by molar-refractivity contribution is -0.383. The standard InChI is InChI=1S/C8H7N3O5/c12-3-4-15-6-2-1-5(11(13)14)7-8(6)10-16-9-7/h1-2,12H,3-4H2. The maximum atomic E-state index is 10.7. The molecule has 16 heavy (non-hydrogen) atoms. The lowest BCUT2D eigenvalue weighted by Gasteiger charge is -2.02. The molecule has 0 radical (unpaired) electrons. The third-order valence-corrected chi connectivity index (χ3v) is 1.90. The molecule has 0 aliphatic rings. The van der Waals surface area contributed by atoms with Crippen LogP contribution in [0.2, 0.25) is 0 Å². The molecule has 0 fully saturated rings. The monoisotopic (exact) mass is 225 g/mol. The number of hydrogen-bond donors (Lipinski definition) is 1. The van der Waals surface area contributed by atoms with Crippen LogP contribution >= 0.6 is 0 Å². The molecule has 0 aliphatic carbocycles. The molecular weight excluding hydrogens is 218 g/mol. The van der Waals surface area contributed by atoms with Crippen LogP contribution in [0.25, 0.3) is 11.0 Å². The van der Waals surface area contributed by atoms with Gasteiger partial charge in [0.05, 0.1) is 11.5 Å². The van der Waals surface area contributed by atoms with Gasteiger partial charge in [0, 0.05) is 6.07 Å². The molecule has 2 aromatic rings. The Morgan fingerprint density at radius 3 is 2.88 bits per heavy atom. The van der Waals surface area contributed by atoms with Crippen molar-refractivity contribution in [1.29, 1.82) is 0 Å². The van der Waals surface area contributed by atoms with E-state index in [1.807, 2.05) is 0 Å². The topological polar surface area (TPSA) is 112 Å². The van der Waals surface area contributed by atoms with Crippen LogP contribution in [0.1, 0.15) is 0 Å². The van der Waals surface area contributed by atoms with Crippen molar-refractivity contribution in [3.05, 3.63) is 22.2 Å². The molecule has 0 unspecified atom stereocenters. The van der Waals surface area contributed by atoms with Gasteiger partial charge in [-0.05, 0) is 16.4 Å². The van der Waals surface area contributed by atoms with E-state index in [4.69, 9.17) is 9.84 Å². The van der Waals surface area contributed by atoms with Gasteiger partial charge in [0.25, 0.3) is 0 Å². The van der Waals surface area contributed by atoms with Crippen LogP contribution in [0.15, 0.2) is 16.8 Å². The summed E-state index contributed by atoms with van der Waals surface area (Å²) in [6.07, 6.45) is 0. The van der Waals surface area contributed by atoms with E-state index in [9.17, 15) is 10.1 Å². The number of aromatic nitrogens is 2. The molecule has 8 nitrogen and oxygen atoms in total. The summed E-state index contributed by atoms with van der Waals surface area (Å²) in [6.45, 7) is -0.0937. The highest BCUT2D eigenvalue weighted by Crippen LogP contribution is 2.29. The van der Waals surface area contributed by atoms with Gasteiger partial charge < -0.3 is 9.84 Å². The smallest absolute Gasteiger partial charge is 0.301 e. The highest BCUT2D eigenvalue weighted by Gasteiger charge is 2.20. The van der Waals surface area contributed by atoms with E-state index in [0.717, 1.165) is 0 Å². The fourth-order valence-electron chi connectivity index (χ4n) is 1.25. The summed E-state index contributed by atoms with van der Waals surface area (Å²) in [5.74, 6) is 0.288. The Morgan fingerprint density at radius 1 is 1.44 bits per heavy atom. The number of nitro groups is 1. The summed E-state index contributed by atoms with van der Waals surface area (Å²) in [5.41, 5.74) is -0.00399. The van der Waals surface area contributed by atoms with Crippen LogP contribution in [0.3, 0.4) is 0 Å². The minimum atomic E-state index is -0.581. The van der Waals surface area contributed by atoms with Gasteiger partial charge in [0.15, 0.2) is 11.3 Å². The molecule has 1 aromatic heterocycles. The number of ether oxygens (including phenoxy) is 1. The maximum Gasteiger partial charge on any atom is 0.301 e. The summed E-state index contributed by atoms with van der Waals surface area (Å²) in [7, 11) is 0. The van der Waals surface area contributed by atoms with Gasteiger partial charge in [0.2, 0.25) is 5.52 Å². The predicted molar refractivity (Wildman–Crippen MR) is 51.0 cm³/mol. The average molecular weight is 225 g/mol. The number of nitro benzene ring substituents is 1. The SMILES string of the molecule is O=[N+]([O-])c1ccc(OCCO)c2nonc12. The van der Waals surface area contributed by atoms with Crippen molar-refractivity contribution in [2.45, 2.75) is 0 Å². The molecule has 0 amide bonds. The Hall–Kier alpha value is -2.22. The first-order valence-corrected chi connectivity index (χ1v) is 4.37. The molecule has 1 aromatic carbocycles. The molecule has 0 bridgehead atoms. The van der Waals surface area contributed by atoms with Gasteiger partial charge in [-0.3, -0.25) is 10.1 Å². The van der Waals surface area contributed by atoms with Gasteiger partial charge in [-0.15, -0.1) is 0 Å². The van der Waals surface area contributed by atoms with Gasteiger partial charge in [0.1, 0.15) is 6.61 Å². The zero-order valence-corrected chi connectivity index (χ0v) is 7.99. The Bertz CT molecular complexity index is 523. The summed E-state index contributed by atoms with van der Waals surface area (Å²) in [6, 6.07) is 2.64. The number of aliphatic hydroxyl groups is 1. The third-order valence-electron chi connectivity index (χ3n) is 1.90. The first-order valence-electron chi connectivity index (χ1n) is 4.37. The molecule has 2 rings (SSSR count). The minimum Gasteiger partial charge on any atom is -0.489 e. The van der Waals surface area contributed by atoms with Crippen LogP contribution in [0.5, 0.6) is 5.75 Å². The number of nitrogens with zero attached hydrogens (tertiary/aromatic N) is 3. The van der Waals surface area contributed by atoms with Gasteiger partial charge in [-0.25, -0.2) is 4.63 Å². The number of benzene rings is 1. The minimum absolute atomic E-state index is 0.0282. The average Bonchev–Trinajstić information content (AvgIpc) is 2.74. The lowest BCUT2D eigenvalue weighted by atomic mass is 10.2. The molecule has 0 saturated heterocycles. The van der Waals surface area contributed by atoms with Crippen molar-refractivity contribution in [2.75, 3.05) is 13.2 Å². The van der Waals surface area contributed by atoms with Crippen LogP contribution in [0.4, 0.5) is 5.69 Å². The van der Waals surface area contributed by atoms with Crippen molar-refractivity contribution in [2.24, 2.45) is 0 Å². The number of rotatable bonds is 4. The van der Waals surface area contributed by atoms with E-state index in [1.54, 1.807) is 0 Å². The fraction of sp³-hybridized carbons (Fsp3) is 0.250. The summed E-state index contributed by atoms with van der Waals surface area (Å²) >= 11 is 0. The molecule has 8 heteroatoms. The van der Waals surface area contributed by atoms with E-state index >= 15 is 0 Å². The van der Waals surface area contributed by atoms with E-state index in [1.165, 1.54) is 12.1 Å². The van der Waals surface area contributed by atoms with Crippen molar-refractivity contribution < 1.29 is 19.4 Å². The van der Waals surface area contributed by atoms with E-state index in [0.29, 0.717) is 0 Å². The van der Waals surface area contributed by atoms with E-state index < -0.39 is 4.92 Å². The van der Waals surface area contributed by atoms with Gasteiger partial charge in [-0.2, -0.15) is 0 Å². The maximum absolute atomic E-state index is 10.7. The Morgan fingerprint density at radius 2 is 2.19 bits per heavy atom. The van der Waals surface area contributed by atoms with Gasteiger partial charge >= 0.3 is 5.69 Å². The summed E-state index contributed by atoms with van der Waals surface area (Å²) < 4.78 is 9.56. The zero-order valence-electron chi connectivity index (χ0n) is 7.99. The van der Waals surface area contributed by atoms with Crippen molar-refractivity contribution in [3.63, 3.8) is 0 Å². The highest BCUT2D eigenvalue weighted by molar-refractivity contribution is 5.88. The van der Waals surface area contributed by atoms with Crippen molar-refractivity contribution in [1.82, 2.24) is 10.3 Å². The normalized spacial score (nSPS) is 10.6. The first-order chi connectivity index (χ1) is 7.74. The van der Waals surface area contributed by atoms with E-state index in [-0.39, 0.29) is 35.7 Å². The number of aliphatic hydroxyl groups excluding tert-OH is 1. The largest absolute Gasteiger partial charge is 0.489 e. The zero-order chi connectivity index (χ0) is 11.5. The second kappa shape index (κ2) is 4.11. The number of hydrogen-bond acceptors (Lipinski definition) is 7. The lowest BCUT2D eigenvalue weighted by Crippen LogP contribution is -2.02. The van der Waals surface area contributed by atoms with Crippen LogP contribution in [-0.4, -0.2) is 33.6 Å². The molecule has 84 valence electrons. The number of non-ortho nitro benzene ring substituents is 1. The summed E-state index contributed by atoms with van der Waals surface area (Å²) in [5, 5.41) is 26.2. The Balaban J connectivity index is 2.50. The van der Waals surface area contributed by atoms with E-state index in [2.05, 4.69) is 14.9 Å². The molecule has 1 N–H and O–H groups in total. The quantitative estimate of drug-likeness (QED) is 0.595. The van der Waals surface area contributed by atoms with Crippen molar-refractivity contribution >= 4 is 16.7 Å². The predicted octanol–water partition coefficient (Wildman–Crippen LogP) is 0.502. The molecule has 0 spiro atoms. The first kappa shape index (κ1) is 10.3. The third kappa shape index (κ3) is 1.65. The molecule has 0 aliphatic heterocycles. The van der Waals surface area contributed by atoms with Crippen LogP contribution in [0, 0.1) is 10.1 Å². The molecule has 0 saturated carbocycles. The second-order valence-electron chi connectivity index (χ2n) is 2.87. The van der Waals surface area contributed by atoms with Crippen LogP contribution in [-0.2, 0) is 0 Å². The molecule has 1 heterocycles. The second-order valence-corrected chi connectivity index (χ2v) is 2.87. The van der Waals surface area contributed by atoms with Gasteiger partial charge in [-0.1, -0.05) is 0 Å². The fourth-order valence-corrected chi connectivity index (χ4v) is 1.25. The Labute approximate surface area is 88.5 Å². The summed E-state index contributed by atoms with van der Waals surface area (Å²) in [4.78, 5) is 10.1.